The molecule has 0 saturated carbocycles. The van der Waals surface area contributed by atoms with Gasteiger partial charge in [0.25, 0.3) is 5.56 Å². The van der Waals surface area contributed by atoms with Gasteiger partial charge in [0.05, 0.1) is 33.4 Å². The lowest BCUT2D eigenvalue weighted by Crippen LogP contribution is -2.40. The molecule has 0 unspecified atom stereocenters. The van der Waals surface area contributed by atoms with Crippen LogP contribution in [-0.2, 0) is 9.53 Å². The smallest absolute Gasteiger partial charge is 0.338 e. The predicted octanol–water partition coefficient (Wildman–Crippen LogP) is 4.34. The summed E-state index contributed by atoms with van der Waals surface area (Å²) in [5, 5.41) is 0. The highest BCUT2D eigenvalue weighted by Crippen LogP contribution is 2.34. The van der Waals surface area contributed by atoms with E-state index < -0.39 is 12.0 Å². The fourth-order valence-corrected chi connectivity index (χ4v) is 6.29. The number of fused-ring (bicyclic) bond motifs is 1. The summed E-state index contributed by atoms with van der Waals surface area (Å²) in [7, 11) is 1.33. The Kier molecular flexibility index (Phi) is 7.75. The van der Waals surface area contributed by atoms with E-state index in [2.05, 4.69) is 42.8 Å². The SMILES string of the molecule is C#CCOc1c(Br)cc(Br)cc1/C=c1/sc2n(c1=O)[C@@H](c1ccccc1)C(C(=O)OC)=C(CC)N=2. The van der Waals surface area contributed by atoms with Crippen molar-refractivity contribution in [2.75, 3.05) is 13.7 Å². The number of thiazole rings is 1. The number of carbonyl (C=O) groups excluding carboxylic acids is 1. The molecule has 0 fully saturated rings. The van der Waals surface area contributed by atoms with E-state index >= 15 is 0 Å². The first kappa shape index (κ1) is 25.2. The maximum absolute atomic E-state index is 13.8. The average Bonchev–Trinajstić information content (AvgIpc) is 3.16. The molecule has 0 spiro atoms. The number of methoxy groups -OCH3 is 1. The summed E-state index contributed by atoms with van der Waals surface area (Å²) in [6.07, 6.45) is 7.65. The van der Waals surface area contributed by atoms with Crippen LogP contribution in [0.5, 0.6) is 5.75 Å². The van der Waals surface area contributed by atoms with Crippen molar-refractivity contribution in [2.45, 2.75) is 19.4 Å². The minimum absolute atomic E-state index is 0.0820. The highest BCUT2D eigenvalue weighted by Gasteiger charge is 2.33. The number of benzene rings is 2. The minimum atomic E-state index is -0.650. The number of ether oxygens (including phenoxy) is 2. The molecule has 9 heteroatoms. The molecule has 0 N–H and O–H groups in total. The van der Waals surface area contributed by atoms with Gasteiger partial charge in [0, 0.05) is 10.0 Å². The number of hydrogen-bond acceptors (Lipinski definition) is 6. The maximum atomic E-state index is 13.8. The van der Waals surface area contributed by atoms with Crippen LogP contribution in [-0.4, -0.2) is 24.3 Å². The van der Waals surface area contributed by atoms with Crippen LogP contribution in [0.3, 0.4) is 0 Å². The second-order valence-electron chi connectivity index (χ2n) is 7.50. The molecule has 1 aliphatic heterocycles. The molecule has 0 bridgehead atoms. The Hall–Kier alpha value is -2.93. The Labute approximate surface area is 222 Å². The van der Waals surface area contributed by atoms with Crippen molar-refractivity contribution in [3.8, 4) is 18.1 Å². The zero-order valence-electron chi connectivity index (χ0n) is 18.9. The van der Waals surface area contributed by atoms with Gasteiger partial charge in [-0.05, 0) is 46.1 Å². The third kappa shape index (κ3) is 4.92. The van der Waals surface area contributed by atoms with Crippen LogP contribution in [0.1, 0.15) is 30.5 Å². The summed E-state index contributed by atoms with van der Waals surface area (Å²) >= 11 is 8.25. The summed E-state index contributed by atoms with van der Waals surface area (Å²) in [5.41, 5.74) is 2.17. The molecule has 0 aliphatic carbocycles. The predicted molar refractivity (Wildman–Crippen MR) is 143 cm³/mol. The zero-order valence-corrected chi connectivity index (χ0v) is 22.9. The molecule has 0 radical (unpaired) electrons. The first-order chi connectivity index (χ1) is 16.9. The number of nitrogens with zero attached hydrogens (tertiary/aromatic N) is 2. The quantitative estimate of drug-likeness (QED) is 0.306. The van der Waals surface area contributed by atoms with Crippen LogP contribution in [0.2, 0.25) is 0 Å². The van der Waals surface area contributed by atoms with E-state index in [1.54, 1.807) is 10.6 Å². The molecule has 2 aromatic carbocycles. The first-order valence-corrected chi connectivity index (χ1v) is 13.0. The molecule has 1 aromatic heterocycles. The molecule has 1 atom stereocenters. The van der Waals surface area contributed by atoms with Gasteiger partial charge in [0.1, 0.15) is 12.4 Å². The van der Waals surface area contributed by atoms with Gasteiger partial charge in [-0.2, -0.15) is 0 Å². The van der Waals surface area contributed by atoms with E-state index in [1.165, 1.54) is 18.4 Å². The second-order valence-corrected chi connectivity index (χ2v) is 10.3. The van der Waals surface area contributed by atoms with E-state index in [1.807, 2.05) is 49.4 Å². The number of esters is 1. The van der Waals surface area contributed by atoms with Crippen molar-refractivity contribution in [1.82, 2.24) is 4.57 Å². The Morgan fingerprint density at radius 1 is 1.29 bits per heavy atom. The maximum Gasteiger partial charge on any atom is 0.338 e. The van der Waals surface area contributed by atoms with Gasteiger partial charge in [-0.15, -0.1) is 6.42 Å². The summed E-state index contributed by atoms with van der Waals surface area (Å²) in [6, 6.07) is 12.5. The molecule has 178 valence electrons. The fraction of sp³-hybridized carbons (Fsp3) is 0.192. The van der Waals surface area contributed by atoms with Crippen molar-refractivity contribution < 1.29 is 14.3 Å². The lowest BCUT2D eigenvalue weighted by atomic mass is 9.95. The Bertz CT molecular complexity index is 1550. The Morgan fingerprint density at radius 2 is 2.03 bits per heavy atom. The van der Waals surface area contributed by atoms with Gasteiger partial charge in [0.15, 0.2) is 4.80 Å². The summed E-state index contributed by atoms with van der Waals surface area (Å²) < 4.78 is 14.3. The van der Waals surface area contributed by atoms with Crippen molar-refractivity contribution in [1.29, 1.82) is 0 Å². The third-order valence-electron chi connectivity index (χ3n) is 5.39. The third-order valence-corrected chi connectivity index (χ3v) is 7.42. The lowest BCUT2D eigenvalue weighted by Gasteiger charge is -2.25. The van der Waals surface area contributed by atoms with Crippen molar-refractivity contribution >= 4 is 55.2 Å². The van der Waals surface area contributed by atoms with E-state index in [4.69, 9.17) is 15.9 Å². The fourth-order valence-electron chi connectivity index (χ4n) is 3.91. The molecule has 0 saturated heterocycles. The molecular formula is C26H20Br2N2O4S. The minimum Gasteiger partial charge on any atom is -0.479 e. The molecule has 0 amide bonds. The number of terminal acetylenes is 1. The summed E-state index contributed by atoms with van der Waals surface area (Å²) in [6.45, 7) is 2.00. The largest absolute Gasteiger partial charge is 0.479 e. The van der Waals surface area contributed by atoms with Gasteiger partial charge in [-0.25, -0.2) is 9.79 Å². The van der Waals surface area contributed by atoms with Crippen molar-refractivity contribution in [3.05, 3.63) is 93.5 Å². The highest BCUT2D eigenvalue weighted by atomic mass is 79.9. The van der Waals surface area contributed by atoms with Crippen molar-refractivity contribution in [3.63, 3.8) is 0 Å². The summed E-state index contributed by atoms with van der Waals surface area (Å²) in [4.78, 5) is 31.8. The molecule has 4 rings (SSSR count). The number of hydrogen-bond donors (Lipinski definition) is 0. The number of allylic oxidation sites excluding steroid dienone is 1. The molecule has 3 aromatic rings. The van der Waals surface area contributed by atoms with Gasteiger partial charge in [-0.1, -0.05) is 70.4 Å². The Morgan fingerprint density at radius 3 is 2.69 bits per heavy atom. The number of aromatic nitrogens is 1. The van der Waals surface area contributed by atoms with Crippen LogP contribution in [0.15, 0.2) is 72.5 Å². The molecule has 6 nitrogen and oxygen atoms in total. The Balaban J connectivity index is 2.00. The van der Waals surface area contributed by atoms with Gasteiger partial charge >= 0.3 is 5.97 Å². The zero-order chi connectivity index (χ0) is 25.1. The average molecular weight is 616 g/mol. The molecule has 2 heterocycles. The normalized spacial score (nSPS) is 15.3. The first-order valence-electron chi connectivity index (χ1n) is 10.6. The summed E-state index contributed by atoms with van der Waals surface area (Å²) in [5.74, 6) is 2.48. The van der Waals surface area contributed by atoms with E-state index in [-0.39, 0.29) is 12.2 Å². The van der Waals surface area contributed by atoms with Crippen LogP contribution < -0.4 is 19.6 Å². The number of halogens is 2. The van der Waals surface area contributed by atoms with Crippen LogP contribution in [0.25, 0.3) is 6.08 Å². The monoisotopic (exact) mass is 614 g/mol. The van der Waals surface area contributed by atoms with E-state index in [0.29, 0.717) is 42.8 Å². The second kappa shape index (κ2) is 10.8. The topological polar surface area (TPSA) is 69.9 Å². The molecule has 35 heavy (non-hydrogen) atoms. The van der Waals surface area contributed by atoms with Crippen LogP contribution >= 0.6 is 43.2 Å². The molecular weight excluding hydrogens is 596 g/mol. The van der Waals surface area contributed by atoms with E-state index in [0.717, 1.165) is 10.0 Å². The van der Waals surface area contributed by atoms with Crippen LogP contribution in [0, 0.1) is 12.3 Å². The highest BCUT2D eigenvalue weighted by molar-refractivity contribution is 9.11. The van der Waals surface area contributed by atoms with Gasteiger partial charge < -0.3 is 9.47 Å². The van der Waals surface area contributed by atoms with E-state index in [9.17, 15) is 9.59 Å². The number of carbonyl (C=O) groups is 1. The van der Waals surface area contributed by atoms with Gasteiger partial charge in [0.2, 0.25) is 0 Å². The standard InChI is InChI=1S/C26H20Br2N2O4S/c1-4-11-34-23-16(12-17(27)14-18(23)28)13-20-24(31)30-22(15-9-7-6-8-10-15)21(25(32)33-3)19(5-2)29-26(30)35-20/h1,6-10,12-14,22H,5,11H2,2-3H3/b20-13+/t22-/m0/s1. The van der Waals surface area contributed by atoms with Crippen molar-refractivity contribution in [2.24, 2.45) is 4.99 Å². The lowest BCUT2D eigenvalue weighted by molar-refractivity contribution is -0.136. The number of rotatable bonds is 6. The van der Waals surface area contributed by atoms with Crippen LogP contribution in [0.4, 0.5) is 0 Å². The molecule has 1 aliphatic rings. The van der Waals surface area contributed by atoms with Gasteiger partial charge in [-0.3, -0.25) is 9.36 Å².